The number of fused-ring (bicyclic) bond motifs is 1. The molecule has 0 aliphatic carbocycles. The Balaban J connectivity index is 1.60. The van der Waals surface area contributed by atoms with Gasteiger partial charge in [0.2, 0.25) is 5.91 Å². The Labute approximate surface area is 151 Å². The number of carbonyl (C=O) groups is 2. The lowest BCUT2D eigenvalue weighted by atomic mass is 10.1. The number of amides is 1. The van der Waals surface area contributed by atoms with Gasteiger partial charge < -0.3 is 15.0 Å². The van der Waals surface area contributed by atoms with Crippen LogP contribution in [0.5, 0.6) is 0 Å². The number of anilines is 1. The molecule has 0 saturated heterocycles. The van der Waals surface area contributed by atoms with Gasteiger partial charge in [-0.25, -0.2) is 4.79 Å². The molecule has 2 aromatic carbocycles. The fraction of sp³-hybridized carbons (Fsp3) is 0.143. The van der Waals surface area contributed by atoms with Gasteiger partial charge in [-0.3, -0.25) is 4.79 Å². The predicted molar refractivity (Wildman–Crippen MR) is 103 cm³/mol. The predicted octanol–water partition coefficient (Wildman–Crippen LogP) is 3.93. The van der Waals surface area contributed by atoms with Crippen molar-refractivity contribution in [2.75, 3.05) is 11.9 Å². The lowest BCUT2D eigenvalue weighted by molar-refractivity contribution is -0.137. The van der Waals surface area contributed by atoms with Crippen molar-refractivity contribution in [2.45, 2.75) is 13.3 Å². The third kappa shape index (κ3) is 4.39. The van der Waals surface area contributed by atoms with Gasteiger partial charge in [0, 0.05) is 28.9 Å². The van der Waals surface area contributed by atoms with Crippen LogP contribution in [0.15, 0.2) is 60.8 Å². The molecule has 3 aromatic rings. The minimum atomic E-state index is -0.372. The number of rotatable bonds is 6. The van der Waals surface area contributed by atoms with Gasteiger partial charge in [0.05, 0.1) is 13.0 Å². The van der Waals surface area contributed by atoms with E-state index in [9.17, 15) is 9.59 Å². The maximum atomic E-state index is 12.3. The summed E-state index contributed by atoms with van der Waals surface area (Å²) in [4.78, 5) is 26.8. The lowest BCUT2D eigenvalue weighted by Gasteiger charge is -2.05. The van der Waals surface area contributed by atoms with Crippen LogP contribution >= 0.6 is 0 Å². The number of aromatic nitrogens is 1. The summed E-state index contributed by atoms with van der Waals surface area (Å²) in [6, 6.07) is 15.2. The van der Waals surface area contributed by atoms with E-state index in [0.717, 1.165) is 22.0 Å². The van der Waals surface area contributed by atoms with E-state index in [4.69, 9.17) is 4.74 Å². The van der Waals surface area contributed by atoms with Crippen molar-refractivity contribution in [1.29, 1.82) is 0 Å². The van der Waals surface area contributed by atoms with Crippen LogP contribution in [0, 0.1) is 0 Å². The number of ether oxygens (including phenoxy) is 1. The van der Waals surface area contributed by atoms with E-state index in [1.54, 1.807) is 25.1 Å². The van der Waals surface area contributed by atoms with Crippen molar-refractivity contribution in [3.05, 3.63) is 71.9 Å². The van der Waals surface area contributed by atoms with Crippen molar-refractivity contribution >= 4 is 34.5 Å². The molecule has 1 amide bonds. The molecule has 0 saturated carbocycles. The number of carbonyl (C=O) groups excluding carboxylic acids is 2. The van der Waals surface area contributed by atoms with E-state index in [1.165, 1.54) is 6.08 Å². The Hall–Kier alpha value is -3.34. The molecule has 0 aliphatic rings. The summed E-state index contributed by atoms with van der Waals surface area (Å²) in [5.41, 5.74) is 3.55. The largest absolute Gasteiger partial charge is 0.463 e. The highest BCUT2D eigenvalue weighted by atomic mass is 16.5. The van der Waals surface area contributed by atoms with Crippen LogP contribution in [0.25, 0.3) is 17.0 Å². The molecule has 132 valence electrons. The SMILES string of the molecule is CCOC(=O)/C=C/c1ccc(NC(=O)Cc2c[nH]c3ccccc23)cc1. The molecule has 5 heteroatoms. The molecular formula is C21H20N2O3. The average Bonchev–Trinajstić information content (AvgIpc) is 3.04. The van der Waals surface area contributed by atoms with Crippen LogP contribution < -0.4 is 5.32 Å². The van der Waals surface area contributed by atoms with Crippen molar-refractivity contribution in [1.82, 2.24) is 4.98 Å². The fourth-order valence-corrected chi connectivity index (χ4v) is 2.69. The second kappa shape index (κ2) is 8.16. The zero-order chi connectivity index (χ0) is 18.4. The minimum Gasteiger partial charge on any atom is -0.463 e. The van der Waals surface area contributed by atoms with E-state index in [1.807, 2.05) is 42.6 Å². The zero-order valence-corrected chi connectivity index (χ0v) is 14.5. The number of nitrogens with one attached hydrogen (secondary N) is 2. The minimum absolute atomic E-state index is 0.0791. The molecule has 0 aliphatic heterocycles. The van der Waals surface area contributed by atoms with Crippen LogP contribution in [-0.2, 0) is 20.7 Å². The van der Waals surface area contributed by atoms with Gasteiger partial charge in [0.25, 0.3) is 0 Å². The molecule has 1 heterocycles. The summed E-state index contributed by atoms with van der Waals surface area (Å²) < 4.78 is 4.84. The first-order valence-corrected chi connectivity index (χ1v) is 8.45. The smallest absolute Gasteiger partial charge is 0.330 e. The third-order valence-electron chi connectivity index (χ3n) is 3.92. The second-order valence-electron chi connectivity index (χ2n) is 5.79. The van der Waals surface area contributed by atoms with E-state index in [-0.39, 0.29) is 11.9 Å². The normalized spacial score (nSPS) is 11.0. The number of H-pyrrole nitrogens is 1. The van der Waals surface area contributed by atoms with Crippen molar-refractivity contribution < 1.29 is 14.3 Å². The number of para-hydroxylation sites is 1. The fourth-order valence-electron chi connectivity index (χ4n) is 2.69. The standard InChI is InChI=1S/C21H20N2O3/c1-2-26-21(25)12-9-15-7-10-17(11-8-15)23-20(24)13-16-14-22-19-6-4-3-5-18(16)19/h3-12,14,22H,2,13H2,1H3,(H,23,24)/b12-9+. The van der Waals surface area contributed by atoms with Gasteiger partial charge in [-0.05, 0) is 42.3 Å². The molecule has 0 fully saturated rings. The van der Waals surface area contributed by atoms with Gasteiger partial charge in [0.1, 0.15) is 0 Å². The molecule has 0 bridgehead atoms. The monoisotopic (exact) mass is 348 g/mol. The third-order valence-corrected chi connectivity index (χ3v) is 3.92. The Kier molecular flexibility index (Phi) is 5.49. The summed E-state index contributed by atoms with van der Waals surface area (Å²) in [5, 5.41) is 3.95. The first-order chi connectivity index (χ1) is 12.7. The number of esters is 1. The molecule has 0 spiro atoms. The first-order valence-electron chi connectivity index (χ1n) is 8.45. The van der Waals surface area contributed by atoms with Crippen LogP contribution in [0.2, 0.25) is 0 Å². The Bertz CT molecular complexity index is 939. The Morgan fingerprint density at radius 1 is 1.12 bits per heavy atom. The van der Waals surface area contributed by atoms with Gasteiger partial charge in [0.15, 0.2) is 0 Å². The molecule has 1 aromatic heterocycles. The average molecular weight is 348 g/mol. The maximum absolute atomic E-state index is 12.3. The number of hydrogen-bond acceptors (Lipinski definition) is 3. The summed E-state index contributed by atoms with van der Waals surface area (Å²) in [6.07, 6.45) is 5.23. The second-order valence-corrected chi connectivity index (χ2v) is 5.79. The summed E-state index contributed by atoms with van der Waals surface area (Å²) in [5.74, 6) is -0.451. The summed E-state index contributed by atoms with van der Waals surface area (Å²) >= 11 is 0. The summed E-state index contributed by atoms with van der Waals surface area (Å²) in [7, 11) is 0. The van der Waals surface area contributed by atoms with Gasteiger partial charge in [-0.2, -0.15) is 0 Å². The highest BCUT2D eigenvalue weighted by molar-refractivity contribution is 5.96. The Morgan fingerprint density at radius 3 is 2.65 bits per heavy atom. The van der Waals surface area contributed by atoms with E-state index < -0.39 is 0 Å². The van der Waals surface area contributed by atoms with E-state index in [2.05, 4.69) is 10.3 Å². The summed E-state index contributed by atoms with van der Waals surface area (Å²) in [6.45, 7) is 2.12. The van der Waals surface area contributed by atoms with Crippen molar-refractivity contribution in [3.63, 3.8) is 0 Å². The van der Waals surface area contributed by atoms with Crippen molar-refractivity contribution in [2.24, 2.45) is 0 Å². The van der Waals surface area contributed by atoms with Crippen LogP contribution in [-0.4, -0.2) is 23.5 Å². The molecule has 0 radical (unpaired) electrons. The molecule has 0 unspecified atom stereocenters. The molecule has 2 N–H and O–H groups in total. The van der Waals surface area contributed by atoms with Crippen LogP contribution in [0.3, 0.4) is 0 Å². The maximum Gasteiger partial charge on any atom is 0.330 e. The topological polar surface area (TPSA) is 71.2 Å². The van der Waals surface area contributed by atoms with Gasteiger partial charge in [-0.1, -0.05) is 30.3 Å². The van der Waals surface area contributed by atoms with Crippen LogP contribution in [0.4, 0.5) is 5.69 Å². The zero-order valence-electron chi connectivity index (χ0n) is 14.5. The quantitative estimate of drug-likeness (QED) is 0.524. The number of aromatic amines is 1. The molecular weight excluding hydrogens is 328 g/mol. The van der Waals surface area contributed by atoms with Crippen LogP contribution in [0.1, 0.15) is 18.1 Å². The Morgan fingerprint density at radius 2 is 1.88 bits per heavy atom. The van der Waals surface area contributed by atoms with Gasteiger partial charge >= 0.3 is 5.97 Å². The molecule has 5 nitrogen and oxygen atoms in total. The lowest BCUT2D eigenvalue weighted by Crippen LogP contribution is -2.14. The molecule has 3 rings (SSSR count). The number of hydrogen-bond donors (Lipinski definition) is 2. The van der Waals surface area contributed by atoms with Crippen molar-refractivity contribution in [3.8, 4) is 0 Å². The first kappa shape index (κ1) is 17.5. The van der Waals surface area contributed by atoms with E-state index in [0.29, 0.717) is 18.7 Å². The molecule has 0 atom stereocenters. The van der Waals surface area contributed by atoms with Gasteiger partial charge in [-0.15, -0.1) is 0 Å². The highest BCUT2D eigenvalue weighted by Gasteiger charge is 2.08. The highest BCUT2D eigenvalue weighted by Crippen LogP contribution is 2.19. The number of benzene rings is 2. The molecule has 26 heavy (non-hydrogen) atoms. The van der Waals surface area contributed by atoms with E-state index >= 15 is 0 Å².